The largest absolute Gasteiger partial charge is 0.497 e. The molecule has 0 saturated heterocycles. The number of aromatic nitrogens is 1. The van der Waals surface area contributed by atoms with E-state index in [1.165, 1.54) is 0 Å². The number of oxazole rings is 1. The molecule has 0 aliphatic rings. The van der Waals surface area contributed by atoms with Gasteiger partial charge in [0, 0.05) is 13.1 Å². The number of benzene rings is 1. The van der Waals surface area contributed by atoms with Crippen LogP contribution in [0.15, 0.2) is 22.6 Å². The van der Waals surface area contributed by atoms with Gasteiger partial charge in [0.2, 0.25) is 0 Å². The number of hydrogen-bond acceptors (Lipinski definition) is 3. The van der Waals surface area contributed by atoms with Crippen molar-refractivity contribution in [2.75, 3.05) is 7.11 Å². The third-order valence-corrected chi connectivity index (χ3v) is 2.36. The van der Waals surface area contributed by atoms with Crippen LogP contribution in [0.2, 0.25) is 0 Å². The molecule has 0 N–H and O–H groups in total. The minimum absolute atomic E-state index is 0.475. The third kappa shape index (κ3) is 1.23. The fourth-order valence-electron chi connectivity index (χ4n) is 1.23. The Morgan fingerprint density at radius 2 is 2.23 bits per heavy atom. The normalized spacial score (nSPS) is 10.6. The van der Waals surface area contributed by atoms with Gasteiger partial charge in [0.25, 0.3) is 4.84 Å². The average molecular weight is 195 g/mol. The first-order valence-corrected chi connectivity index (χ1v) is 4.27. The summed E-state index contributed by atoms with van der Waals surface area (Å²) in [6.07, 6.45) is 0. The zero-order valence-corrected chi connectivity index (χ0v) is 8.22. The van der Waals surface area contributed by atoms with E-state index in [1.807, 2.05) is 29.8 Å². The standard InChI is InChI=1S/C9H9NO2S/c1-10-7-5-6(11-2)3-4-8(7)12-9(10)13/h3-5H,1-2H3. The molecule has 1 heterocycles. The minimum atomic E-state index is 0.475. The molecule has 0 spiro atoms. The number of hydrogen-bond donors (Lipinski definition) is 0. The summed E-state index contributed by atoms with van der Waals surface area (Å²) >= 11 is 4.99. The van der Waals surface area contributed by atoms with Gasteiger partial charge in [-0.3, -0.25) is 0 Å². The number of fused-ring (bicyclic) bond motifs is 1. The molecule has 0 unspecified atom stereocenters. The lowest BCUT2D eigenvalue weighted by molar-refractivity contribution is 0.415. The van der Waals surface area contributed by atoms with Crippen molar-refractivity contribution in [2.45, 2.75) is 0 Å². The van der Waals surface area contributed by atoms with Gasteiger partial charge < -0.3 is 13.7 Å². The Morgan fingerprint density at radius 1 is 1.46 bits per heavy atom. The maximum atomic E-state index is 5.32. The Kier molecular flexibility index (Phi) is 1.84. The molecule has 0 aliphatic carbocycles. The zero-order chi connectivity index (χ0) is 9.42. The van der Waals surface area contributed by atoms with E-state index in [2.05, 4.69) is 0 Å². The van der Waals surface area contributed by atoms with Crippen LogP contribution in [-0.4, -0.2) is 11.7 Å². The van der Waals surface area contributed by atoms with Crippen molar-refractivity contribution in [1.29, 1.82) is 0 Å². The van der Waals surface area contributed by atoms with E-state index < -0.39 is 0 Å². The van der Waals surface area contributed by atoms with Gasteiger partial charge in [-0.25, -0.2) is 0 Å². The summed E-state index contributed by atoms with van der Waals surface area (Å²) in [6, 6.07) is 5.60. The lowest BCUT2D eigenvalue weighted by Crippen LogP contribution is -1.87. The first-order valence-electron chi connectivity index (χ1n) is 3.86. The molecule has 2 aromatic rings. The summed E-state index contributed by atoms with van der Waals surface area (Å²) in [5.74, 6) is 0.805. The van der Waals surface area contributed by atoms with E-state index >= 15 is 0 Å². The van der Waals surface area contributed by atoms with Crippen LogP contribution in [-0.2, 0) is 7.05 Å². The summed E-state index contributed by atoms with van der Waals surface area (Å²) in [5.41, 5.74) is 1.73. The van der Waals surface area contributed by atoms with Crippen molar-refractivity contribution in [2.24, 2.45) is 7.05 Å². The fourth-order valence-corrected chi connectivity index (χ4v) is 1.42. The number of aryl methyl sites for hydroxylation is 1. The first kappa shape index (κ1) is 8.31. The van der Waals surface area contributed by atoms with E-state index in [-0.39, 0.29) is 0 Å². The monoisotopic (exact) mass is 195 g/mol. The molecule has 2 rings (SSSR count). The van der Waals surface area contributed by atoms with Crippen LogP contribution in [0, 0.1) is 4.84 Å². The summed E-state index contributed by atoms with van der Waals surface area (Å²) in [4.78, 5) is 0.475. The van der Waals surface area contributed by atoms with Gasteiger partial charge in [-0.05, 0) is 24.4 Å². The van der Waals surface area contributed by atoms with Gasteiger partial charge in [0.05, 0.1) is 12.6 Å². The molecule has 0 bridgehead atoms. The predicted octanol–water partition coefficient (Wildman–Crippen LogP) is 2.51. The highest BCUT2D eigenvalue weighted by Crippen LogP contribution is 2.21. The second-order valence-electron chi connectivity index (χ2n) is 2.76. The molecule has 4 heteroatoms. The van der Waals surface area contributed by atoms with Crippen LogP contribution in [0.1, 0.15) is 0 Å². The molecule has 68 valence electrons. The Bertz CT molecular complexity index is 498. The number of ether oxygens (including phenoxy) is 1. The van der Waals surface area contributed by atoms with E-state index in [1.54, 1.807) is 7.11 Å². The van der Waals surface area contributed by atoms with Gasteiger partial charge in [-0.15, -0.1) is 0 Å². The van der Waals surface area contributed by atoms with E-state index in [0.29, 0.717) is 4.84 Å². The molecular weight excluding hydrogens is 186 g/mol. The highest BCUT2D eigenvalue weighted by atomic mass is 32.1. The van der Waals surface area contributed by atoms with Crippen LogP contribution in [0.3, 0.4) is 0 Å². The van der Waals surface area contributed by atoms with Crippen LogP contribution >= 0.6 is 12.2 Å². The lowest BCUT2D eigenvalue weighted by Gasteiger charge is -1.98. The molecule has 1 aromatic heterocycles. The molecule has 3 nitrogen and oxygen atoms in total. The molecule has 0 atom stereocenters. The SMILES string of the molecule is COc1ccc2oc(=S)n(C)c2c1. The average Bonchev–Trinajstić information content (AvgIpc) is 2.43. The first-order chi connectivity index (χ1) is 6.22. The second kappa shape index (κ2) is 2.88. The van der Waals surface area contributed by atoms with Crippen LogP contribution in [0.25, 0.3) is 11.1 Å². The van der Waals surface area contributed by atoms with Gasteiger partial charge in [-0.1, -0.05) is 0 Å². The lowest BCUT2D eigenvalue weighted by atomic mass is 10.3. The molecule has 0 radical (unpaired) electrons. The topological polar surface area (TPSA) is 27.3 Å². The molecular formula is C9H9NO2S. The molecule has 0 aliphatic heterocycles. The Morgan fingerprint density at radius 3 is 2.92 bits per heavy atom. The summed E-state index contributed by atoms with van der Waals surface area (Å²) in [6.45, 7) is 0. The van der Waals surface area contributed by atoms with E-state index in [9.17, 15) is 0 Å². The smallest absolute Gasteiger partial charge is 0.269 e. The zero-order valence-electron chi connectivity index (χ0n) is 7.40. The van der Waals surface area contributed by atoms with Crippen LogP contribution < -0.4 is 4.74 Å². The highest BCUT2D eigenvalue weighted by molar-refractivity contribution is 7.71. The van der Waals surface area contributed by atoms with Crippen LogP contribution in [0.5, 0.6) is 5.75 Å². The quantitative estimate of drug-likeness (QED) is 0.654. The van der Waals surface area contributed by atoms with Gasteiger partial charge in [0.15, 0.2) is 5.58 Å². The Labute approximate surface area is 80.5 Å². The van der Waals surface area contributed by atoms with E-state index in [4.69, 9.17) is 21.4 Å². The maximum Gasteiger partial charge on any atom is 0.269 e. The van der Waals surface area contributed by atoms with Crippen molar-refractivity contribution in [1.82, 2.24) is 4.57 Å². The Balaban J connectivity index is 2.82. The number of rotatable bonds is 1. The highest BCUT2D eigenvalue weighted by Gasteiger charge is 2.03. The number of nitrogens with zero attached hydrogens (tertiary/aromatic N) is 1. The van der Waals surface area contributed by atoms with Crippen molar-refractivity contribution in [3.63, 3.8) is 0 Å². The van der Waals surface area contributed by atoms with Crippen LogP contribution in [0.4, 0.5) is 0 Å². The third-order valence-electron chi connectivity index (χ3n) is 2.00. The Hall–Kier alpha value is -1.29. The van der Waals surface area contributed by atoms with E-state index in [0.717, 1.165) is 16.8 Å². The molecule has 13 heavy (non-hydrogen) atoms. The summed E-state index contributed by atoms with van der Waals surface area (Å²) in [5, 5.41) is 0. The molecule has 0 saturated carbocycles. The molecule has 0 amide bonds. The van der Waals surface area contributed by atoms with Gasteiger partial charge >= 0.3 is 0 Å². The predicted molar refractivity (Wildman–Crippen MR) is 52.6 cm³/mol. The van der Waals surface area contributed by atoms with Crippen molar-refractivity contribution < 1.29 is 9.15 Å². The van der Waals surface area contributed by atoms with Crippen molar-refractivity contribution in [3.8, 4) is 5.75 Å². The molecule has 0 fully saturated rings. The fraction of sp³-hybridized carbons (Fsp3) is 0.222. The van der Waals surface area contributed by atoms with Crippen molar-refractivity contribution >= 4 is 23.3 Å². The van der Waals surface area contributed by atoms with Crippen molar-refractivity contribution in [3.05, 3.63) is 23.0 Å². The minimum Gasteiger partial charge on any atom is -0.497 e. The van der Waals surface area contributed by atoms with Gasteiger partial charge in [-0.2, -0.15) is 0 Å². The summed E-state index contributed by atoms with van der Waals surface area (Å²) < 4.78 is 12.2. The summed E-state index contributed by atoms with van der Waals surface area (Å²) in [7, 11) is 3.50. The van der Waals surface area contributed by atoms with Gasteiger partial charge in [0.1, 0.15) is 5.75 Å². The maximum absolute atomic E-state index is 5.32. The number of methoxy groups -OCH3 is 1. The second-order valence-corrected chi connectivity index (χ2v) is 3.11. The molecule has 1 aromatic carbocycles.